The summed E-state index contributed by atoms with van der Waals surface area (Å²) in [4.78, 5) is 19.6. The molecule has 1 aromatic rings. The van der Waals surface area contributed by atoms with E-state index >= 15 is 0 Å². The summed E-state index contributed by atoms with van der Waals surface area (Å²) in [6.07, 6.45) is -4.39. The van der Waals surface area contributed by atoms with E-state index in [-0.39, 0.29) is 18.5 Å². The first-order valence-electron chi connectivity index (χ1n) is 6.75. The number of halogens is 6. The lowest BCUT2D eigenvalue weighted by Crippen LogP contribution is -2.48. The summed E-state index contributed by atoms with van der Waals surface area (Å²) in [6, 6.07) is 1.76. The highest BCUT2D eigenvalue weighted by molar-refractivity contribution is 6.31. The lowest BCUT2D eigenvalue weighted by Gasteiger charge is -2.43. The van der Waals surface area contributed by atoms with Gasteiger partial charge < -0.3 is 15.1 Å². The van der Waals surface area contributed by atoms with Gasteiger partial charge in [0.1, 0.15) is 10.8 Å². The van der Waals surface area contributed by atoms with Crippen LogP contribution >= 0.6 is 11.6 Å². The first-order chi connectivity index (χ1) is 11.4. The van der Waals surface area contributed by atoms with Crippen LogP contribution in [0.4, 0.5) is 27.6 Å². The molecule has 0 aliphatic heterocycles. The smallest absolute Gasteiger partial charge is 0.414 e. The van der Waals surface area contributed by atoms with Crippen LogP contribution in [-0.4, -0.2) is 41.4 Å². The number of aliphatic carboxylic acids is 2. The maximum atomic E-state index is 13.7. The second kappa shape index (κ2) is 7.85. The van der Waals surface area contributed by atoms with E-state index in [0.29, 0.717) is 0 Å². The molecule has 5 nitrogen and oxygen atoms in total. The second-order valence-electron chi connectivity index (χ2n) is 5.28. The summed E-state index contributed by atoms with van der Waals surface area (Å²) in [7, 11) is 1.48. The number of anilines is 1. The molecule has 0 bridgehead atoms. The van der Waals surface area contributed by atoms with Crippen LogP contribution in [0.2, 0.25) is 5.02 Å². The van der Waals surface area contributed by atoms with Gasteiger partial charge in [0.15, 0.2) is 5.82 Å². The van der Waals surface area contributed by atoms with Crippen LogP contribution in [0.25, 0.3) is 0 Å². The Labute approximate surface area is 143 Å². The van der Waals surface area contributed by atoms with Gasteiger partial charge in [-0.25, -0.2) is 18.4 Å². The molecule has 2 rings (SSSR count). The molecule has 1 fully saturated rings. The minimum absolute atomic E-state index is 0.0111. The van der Waals surface area contributed by atoms with Crippen molar-refractivity contribution < 1.29 is 41.8 Å². The van der Waals surface area contributed by atoms with Gasteiger partial charge in [0.2, 0.25) is 0 Å². The van der Waals surface area contributed by atoms with E-state index in [4.69, 9.17) is 31.4 Å². The Bertz CT molecular complexity index is 649. The molecule has 1 aromatic carbocycles. The number of nitrogens with zero attached hydrogens (tertiary/aromatic N) is 1. The van der Waals surface area contributed by atoms with Crippen molar-refractivity contribution in [3.8, 4) is 0 Å². The Morgan fingerprint density at radius 3 is 2.04 bits per heavy atom. The van der Waals surface area contributed by atoms with Crippen molar-refractivity contribution in [2.24, 2.45) is 5.92 Å². The van der Waals surface area contributed by atoms with Gasteiger partial charge in [-0.1, -0.05) is 11.6 Å². The Hall–Kier alpha value is -2.10. The van der Waals surface area contributed by atoms with Crippen molar-refractivity contribution in [3.05, 3.63) is 28.8 Å². The van der Waals surface area contributed by atoms with Crippen LogP contribution in [-0.2, 0) is 9.59 Å². The highest BCUT2D eigenvalue weighted by Gasteiger charge is 2.49. The molecule has 1 aliphatic carbocycles. The number of carboxylic acid groups (broad SMARTS) is 2. The van der Waals surface area contributed by atoms with E-state index in [9.17, 15) is 22.0 Å². The van der Waals surface area contributed by atoms with Crippen LogP contribution < -0.4 is 4.90 Å². The normalized spacial score (nSPS) is 19.3. The zero-order valence-electron chi connectivity index (χ0n) is 12.6. The van der Waals surface area contributed by atoms with E-state index in [0.717, 1.165) is 6.07 Å². The van der Waals surface area contributed by atoms with Crippen LogP contribution in [0.15, 0.2) is 12.1 Å². The SMILES string of the molecule is CN(c1ccc(F)c(Cl)c1F)[C@H]1C[C@H](C(F)(F)F)C1.O=C(O)C(=O)O. The number of alkyl halides is 3. The number of hydrogen-bond acceptors (Lipinski definition) is 3. The predicted octanol–water partition coefficient (Wildman–Crippen LogP) is 3.55. The summed E-state index contributed by atoms with van der Waals surface area (Å²) in [6.45, 7) is 0. The van der Waals surface area contributed by atoms with Crippen molar-refractivity contribution in [2.45, 2.75) is 25.1 Å². The van der Waals surface area contributed by atoms with E-state index in [2.05, 4.69) is 0 Å². The molecule has 140 valence electrons. The molecule has 0 amide bonds. The first-order valence-corrected chi connectivity index (χ1v) is 7.13. The van der Waals surface area contributed by atoms with Crippen LogP contribution in [0.3, 0.4) is 0 Å². The summed E-state index contributed by atoms with van der Waals surface area (Å²) >= 11 is 5.44. The fraction of sp³-hybridized carbons (Fsp3) is 0.429. The lowest BCUT2D eigenvalue weighted by atomic mass is 9.79. The van der Waals surface area contributed by atoms with Gasteiger partial charge >= 0.3 is 18.1 Å². The molecule has 2 N–H and O–H groups in total. The topological polar surface area (TPSA) is 77.8 Å². The molecule has 0 unspecified atom stereocenters. The summed E-state index contributed by atoms with van der Waals surface area (Å²) in [5.74, 6) is -6.83. The van der Waals surface area contributed by atoms with Gasteiger partial charge in [0.05, 0.1) is 11.6 Å². The van der Waals surface area contributed by atoms with Crippen LogP contribution in [0.5, 0.6) is 0 Å². The van der Waals surface area contributed by atoms with Gasteiger partial charge in [-0.05, 0) is 25.0 Å². The quantitative estimate of drug-likeness (QED) is 0.459. The third kappa shape index (κ3) is 5.18. The fourth-order valence-electron chi connectivity index (χ4n) is 2.16. The van der Waals surface area contributed by atoms with Gasteiger partial charge in [-0.15, -0.1) is 0 Å². The molecule has 0 spiro atoms. The highest BCUT2D eigenvalue weighted by atomic mass is 35.5. The Kier molecular flexibility index (Phi) is 6.58. The second-order valence-corrected chi connectivity index (χ2v) is 5.66. The van der Waals surface area contributed by atoms with Crippen molar-refractivity contribution in [2.75, 3.05) is 11.9 Å². The molecule has 0 aromatic heterocycles. The Morgan fingerprint density at radius 1 is 1.16 bits per heavy atom. The molecule has 0 radical (unpaired) electrons. The first kappa shape index (κ1) is 20.9. The Balaban J connectivity index is 0.000000450. The van der Waals surface area contributed by atoms with E-state index in [1.54, 1.807) is 0 Å². The minimum atomic E-state index is -4.21. The zero-order chi connectivity index (χ0) is 19.5. The van der Waals surface area contributed by atoms with Gasteiger partial charge in [-0.3, -0.25) is 0 Å². The van der Waals surface area contributed by atoms with Crippen molar-refractivity contribution in [3.63, 3.8) is 0 Å². The van der Waals surface area contributed by atoms with Crippen LogP contribution in [0, 0.1) is 17.6 Å². The summed E-state index contributed by atoms with van der Waals surface area (Å²) in [5, 5.41) is 14.1. The lowest BCUT2D eigenvalue weighted by molar-refractivity contribution is -0.196. The van der Waals surface area contributed by atoms with Gasteiger partial charge in [0, 0.05) is 13.1 Å². The van der Waals surface area contributed by atoms with Gasteiger partial charge in [-0.2, -0.15) is 13.2 Å². The number of benzene rings is 1. The third-order valence-corrected chi connectivity index (χ3v) is 4.05. The minimum Gasteiger partial charge on any atom is -0.473 e. The van der Waals surface area contributed by atoms with E-state index in [1.165, 1.54) is 18.0 Å². The maximum Gasteiger partial charge on any atom is 0.414 e. The molecule has 11 heteroatoms. The average Bonchev–Trinajstić information content (AvgIpc) is 2.42. The Morgan fingerprint density at radius 2 is 1.64 bits per heavy atom. The number of carboxylic acids is 2. The number of rotatable bonds is 2. The number of hydrogen-bond donors (Lipinski definition) is 2. The predicted molar refractivity (Wildman–Crippen MR) is 77.6 cm³/mol. The highest BCUT2D eigenvalue weighted by Crippen LogP contribution is 2.44. The molecule has 1 aliphatic rings. The van der Waals surface area contributed by atoms with E-state index in [1.807, 2.05) is 0 Å². The van der Waals surface area contributed by atoms with Gasteiger partial charge in [0.25, 0.3) is 0 Å². The molecular formula is C14H13ClF5NO4. The van der Waals surface area contributed by atoms with E-state index < -0.39 is 46.7 Å². The molecular weight excluding hydrogens is 377 g/mol. The average molecular weight is 390 g/mol. The number of carbonyl (C=O) groups is 2. The molecule has 0 atom stereocenters. The fourth-order valence-corrected chi connectivity index (χ4v) is 2.32. The van der Waals surface area contributed by atoms with Crippen molar-refractivity contribution >= 4 is 29.2 Å². The maximum absolute atomic E-state index is 13.7. The molecule has 0 saturated heterocycles. The third-order valence-electron chi connectivity index (χ3n) is 3.70. The largest absolute Gasteiger partial charge is 0.473 e. The molecule has 1 saturated carbocycles. The zero-order valence-corrected chi connectivity index (χ0v) is 13.4. The molecule has 25 heavy (non-hydrogen) atoms. The van der Waals surface area contributed by atoms with Crippen LogP contribution in [0.1, 0.15) is 12.8 Å². The summed E-state index contributed by atoms with van der Waals surface area (Å²) in [5.41, 5.74) is 0.0111. The molecule has 0 heterocycles. The van der Waals surface area contributed by atoms with Crippen molar-refractivity contribution in [1.29, 1.82) is 0 Å². The monoisotopic (exact) mass is 389 g/mol. The summed E-state index contributed by atoms with van der Waals surface area (Å²) < 4.78 is 63.8. The standard InChI is InChI=1S/C12H11ClF5N.C2H2O4/c1-19(7-4-6(5-7)12(16,17)18)9-3-2-8(14)10(13)11(9)15;3-1(4)2(5)6/h2-3,6-7H,4-5H2,1H3;(H,3,4)(H,5,6)/t6-,7-;. The van der Waals surface area contributed by atoms with Crippen molar-refractivity contribution in [1.82, 2.24) is 0 Å².